The summed E-state index contributed by atoms with van der Waals surface area (Å²) in [5.74, 6) is 0.960. The van der Waals surface area contributed by atoms with E-state index in [0.29, 0.717) is 0 Å². The van der Waals surface area contributed by atoms with Gasteiger partial charge in [0.15, 0.2) is 6.39 Å². The number of oxazole rings is 1. The van der Waals surface area contributed by atoms with Crippen LogP contribution in [0.25, 0.3) is 0 Å². The highest BCUT2D eigenvalue weighted by Crippen LogP contribution is 2.04. The lowest BCUT2D eigenvalue weighted by Gasteiger charge is -2.18. The summed E-state index contributed by atoms with van der Waals surface area (Å²) in [5, 5.41) is 0. The van der Waals surface area contributed by atoms with Gasteiger partial charge in [0.05, 0.1) is 12.7 Å². The van der Waals surface area contributed by atoms with E-state index in [4.69, 9.17) is 4.42 Å². The molecule has 0 unspecified atom stereocenters. The maximum atomic E-state index is 5.20. The van der Waals surface area contributed by atoms with Crippen LogP contribution in [-0.2, 0) is 6.54 Å². The Balaban J connectivity index is 2.37. The van der Waals surface area contributed by atoms with Gasteiger partial charge in [-0.2, -0.15) is 0 Å². The van der Waals surface area contributed by atoms with Crippen molar-refractivity contribution in [2.24, 2.45) is 0 Å². The zero-order chi connectivity index (χ0) is 9.52. The topological polar surface area (TPSA) is 29.3 Å². The monoisotopic (exact) mass is 182 g/mol. The second kappa shape index (κ2) is 5.75. The van der Waals surface area contributed by atoms with E-state index >= 15 is 0 Å². The minimum absolute atomic E-state index is 0.891. The third-order valence-corrected chi connectivity index (χ3v) is 1.94. The van der Waals surface area contributed by atoms with E-state index in [1.807, 2.05) is 0 Å². The van der Waals surface area contributed by atoms with E-state index in [0.717, 1.165) is 25.4 Å². The zero-order valence-electron chi connectivity index (χ0n) is 8.49. The molecule has 1 rings (SSSR count). The first kappa shape index (κ1) is 10.3. The van der Waals surface area contributed by atoms with Gasteiger partial charge in [-0.1, -0.05) is 13.8 Å². The highest BCUT2D eigenvalue weighted by atomic mass is 16.3. The predicted molar refractivity (Wildman–Crippen MR) is 52.4 cm³/mol. The van der Waals surface area contributed by atoms with E-state index in [2.05, 4.69) is 23.7 Å². The van der Waals surface area contributed by atoms with E-state index in [1.165, 1.54) is 19.2 Å². The number of rotatable bonds is 6. The number of hydrogen-bond donors (Lipinski definition) is 0. The van der Waals surface area contributed by atoms with Crippen molar-refractivity contribution in [3.63, 3.8) is 0 Å². The minimum atomic E-state index is 0.891. The third kappa shape index (κ3) is 3.59. The summed E-state index contributed by atoms with van der Waals surface area (Å²) in [7, 11) is 0. The Hall–Kier alpha value is -0.830. The molecule has 1 aromatic rings. The molecule has 0 spiro atoms. The molecule has 0 bridgehead atoms. The normalized spacial score (nSPS) is 11.0. The van der Waals surface area contributed by atoms with Crippen molar-refractivity contribution in [1.82, 2.24) is 9.88 Å². The van der Waals surface area contributed by atoms with Crippen molar-refractivity contribution in [3.8, 4) is 0 Å². The predicted octanol–water partition coefficient (Wildman–Crippen LogP) is 2.30. The summed E-state index contributed by atoms with van der Waals surface area (Å²) in [4.78, 5) is 6.29. The van der Waals surface area contributed by atoms with Crippen molar-refractivity contribution in [3.05, 3.63) is 18.4 Å². The molecule has 74 valence electrons. The third-order valence-electron chi connectivity index (χ3n) is 1.94. The molecule has 0 fully saturated rings. The van der Waals surface area contributed by atoms with Crippen LogP contribution in [0.5, 0.6) is 0 Å². The lowest BCUT2D eigenvalue weighted by atomic mass is 10.3. The van der Waals surface area contributed by atoms with E-state index in [9.17, 15) is 0 Å². The molecule has 1 heterocycles. The molecule has 0 aliphatic rings. The average molecular weight is 182 g/mol. The fourth-order valence-electron chi connectivity index (χ4n) is 1.44. The van der Waals surface area contributed by atoms with Gasteiger partial charge in [0.25, 0.3) is 0 Å². The molecule has 3 heteroatoms. The summed E-state index contributed by atoms with van der Waals surface area (Å²) < 4.78 is 5.20. The lowest BCUT2D eigenvalue weighted by Crippen LogP contribution is -2.24. The molecule has 0 atom stereocenters. The van der Waals surface area contributed by atoms with Gasteiger partial charge in [0, 0.05) is 0 Å². The van der Waals surface area contributed by atoms with Crippen LogP contribution < -0.4 is 0 Å². The summed E-state index contributed by atoms with van der Waals surface area (Å²) in [6.07, 6.45) is 5.66. The van der Waals surface area contributed by atoms with E-state index < -0.39 is 0 Å². The van der Waals surface area contributed by atoms with Crippen molar-refractivity contribution < 1.29 is 4.42 Å². The SMILES string of the molecule is CCCN(CCC)Cc1cnco1. The molecule has 0 saturated carbocycles. The van der Waals surface area contributed by atoms with Crippen LogP contribution in [0.2, 0.25) is 0 Å². The van der Waals surface area contributed by atoms with Gasteiger partial charge in [0.2, 0.25) is 0 Å². The number of nitrogens with zero attached hydrogens (tertiary/aromatic N) is 2. The van der Waals surface area contributed by atoms with Gasteiger partial charge >= 0.3 is 0 Å². The molecule has 0 saturated heterocycles. The smallest absolute Gasteiger partial charge is 0.180 e. The van der Waals surface area contributed by atoms with E-state index in [-0.39, 0.29) is 0 Å². The maximum Gasteiger partial charge on any atom is 0.180 e. The molecule has 13 heavy (non-hydrogen) atoms. The molecular weight excluding hydrogens is 164 g/mol. The molecule has 0 N–H and O–H groups in total. The first-order valence-corrected chi connectivity index (χ1v) is 4.96. The fourth-order valence-corrected chi connectivity index (χ4v) is 1.44. The van der Waals surface area contributed by atoms with Crippen LogP contribution in [0.1, 0.15) is 32.4 Å². The van der Waals surface area contributed by atoms with Gasteiger partial charge < -0.3 is 4.42 Å². The molecule has 3 nitrogen and oxygen atoms in total. The Labute approximate surface area is 79.8 Å². The maximum absolute atomic E-state index is 5.20. The van der Waals surface area contributed by atoms with E-state index in [1.54, 1.807) is 6.20 Å². The fraction of sp³-hybridized carbons (Fsp3) is 0.700. The van der Waals surface area contributed by atoms with Gasteiger partial charge in [0.1, 0.15) is 5.76 Å². The van der Waals surface area contributed by atoms with Crippen LogP contribution in [0.4, 0.5) is 0 Å². The molecule has 0 aliphatic heterocycles. The van der Waals surface area contributed by atoms with Gasteiger partial charge in [-0.25, -0.2) is 4.98 Å². The van der Waals surface area contributed by atoms with Crippen molar-refractivity contribution >= 4 is 0 Å². The average Bonchev–Trinajstić information content (AvgIpc) is 2.58. The molecule has 0 radical (unpaired) electrons. The molecule has 0 aromatic carbocycles. The summed E-state index contributed by atoms with van der Waals surface area (Å²) in [6, 6.07) is 0. The largest absolute Gasteiger partial charge is 0.447 e. The molecular formula is C10H18N2O. The second-order valence-corrected chi connectivity index (χ2v) is 3.24. The van der Waals surface area contributed by atoms with Gasteiger partial charge in [-0.15, -0.1) is 0 Å². The van der Waals surface area contributed by atoms with Crippen molar-refractivity contribution in [1.29, 1.82) is 0 Å². The standard InChI is InChI=1S/C10H18N2O/c1-3-5-12(6-4-2)8-10-7-11-9-13-10/h7,9H,3-6,8H2,1-2H3. The molecule has 0 amide bonds. The van der Waals surface area contributed by atoms with Gasteiger partial charge in [-0.05, 0) is 25.9 Å². The minimum Gasteiger partial charge on any atom is -0.447 e. The Kier molecular flexibility index (Phi) is 4.54. The highest BCUT2D eigenvalue weighted by Gasteiger charge is 2.05. The Morgan fingerprint density at radius 3 is 2.46 bits per heavy atom. The summed E-state index contributed by atoms with van der Waals surface area (Å²) in [5.41, 5.74) is 0. The summed E-state index contributed by atoms with van der Waals surface area (Å²) >= 11 is 0. The van der Waals surface area contributed by atoms with Crippen molar-refractivity contribution in [2.45, 2.75) is 33.2 Å². The van der Waals surface area contributed by atoms with Crippen LogP contribution >= 0.6 is 0 Å². The Morgan fingerprint density at radius 1 is 1.31 bits per heavy atom. The number of hydrogen-bond acceptors (Lipinski definition) is 3. The second-order valence-electron chi connectivity index (χ2n) is 3.24. The zero-order valence-corrected chi connectivity index (χ0v) is 8.49. The molecule has 1 aromatic heterocycles. The van der Waals surface area contributed by atoms with Crippen LogP contribution in [0.3, 0.4) is 0 Å². The van der Waals surface area contributed by atoms with Gasteiger partial charge in [-0.3, -0.25) is 4.90 Å². The first-order valence-electron chi connectivity index (χ1n) is 4.96. The quantitative estimate of drug-likeness (QED) is 0.676. The summed E-state index contributed by atoms with van der Waals surface area (Å²) in [6.45, 7) is 7.55. The van der Waals surface area contributed by atoms with Crippen LogP contribution in [-0.4, -0.2) is 23.0 Å². The molecule has 0 aliphatic carbocycles. The first-order chi connectivity index (χ1) is 6.36. The van der Waals surface area contributed by atoms with Crippen LogP contribution in [0, 0.1) is 0 Å². The number of aromatic nitrogens is 1. The van der Waals surface area contributed by atoms with Crippen LogP contribution in [0.15, 0.2) is 17.0 Å². The highest BCUT2D eigenvalue weighted by molar-refractivity contribution is 4.87. The lowest BCUT2D eigenvalue weighted by molar-refractivity contribution is 0.244. The van der Waals surface area contributed by atoms with Crippen molar-refractivity contribution in [2.75, 3.05) is 13.1 Å². The Morgan fingerprint density at radius 2 is 2.00 bits per heavy atom. The Bertz CT molecular complexity index is 203.